The first-order valence-electron chi connectivity index (χ1n) is 4.70. The standard InChI is InChI=1S/C11H13BrClFO/c1-15-7-10(13)5-3-8-2-4-9(12)6-11(8)14/h2,4,6,10H,3,5,7H2,1H3. The van der Waals surface area contributed by atoms with E-state index in [0.29, 0.717) is 25.0 Å². The molecule has 0 bridgehead atoms. The van der Waals surface area contributed by atoms with Gasteiger partial charge in [0.15, 0.2) is 0 Å². The van der Waals surface area contributed by atoms with E-state index in [2.05, 4.69) is 15.9 Å². The Bertz CT molecular complexity index is 319. The minimum absolute atomic E-state index is 0.0574. The molecule has 0 heterocycles. The van der Waals surface area contributed by atoms with Crippen molar-refractivity contribution in [1.82, 2.24) is 0 Å². The summed E-state index contributed by atoms with van der Waals surface area (Å²) in [6, 6.07) is 5.07. The van der Waals surface area contributed by atoms with E-state index in [1.807, 2.05) is 6.07 Å². The van der Waals surface area contributed by atoms with Gasteiger partial charge in [0.05, 0.1) is 12.0 Å². The van der Waals surface area contributed by atoms with Gasteiger partial charge in [0.25, 0.3) is 0 Å². The van der Waals surface area contributed by atoms with Crippen molar-refractivity contribution in [3.63, 3.8) is 0 Å². The van der Waals surface area contributed by atoms with Gasteiger partial charge in [0, 0.05) is 11.6 Å². The fourth-order valence-corrected chi connectivity index (χ4v) is 1.87. The fraction of sp³-hybridized carbons (Fsp3) is 0.455. The highest BCUT2D eigenvalue weighted by molar-refractivity contribution is 9.10. The lowest BCUT2D eigenvalue weighted by Gasteiger charge is -2.08. The second-order valence-corrected chi connectivity index (χ2v) is 4.86. The van der Waals surface area contributed by atoms with Crippen LogP contribution in [-0.2, 0) is 11.2 Å². The molecule has 0 spiro atoms. The van der Waals surface area contributed by atoms with Crippen LogP contribution < -0.4 is 0 Å². The zero-order valence-corrected chi connectivity index (χ0v) is 10.8. The summed E-state index contributed by atoms with van der Waals surface area (Å²) in [4.78, 5) is 0. The third-order valence-electron chi connectivity index (χ3n) is 2.09. The summed E-state index contributed by atoms with van der Waals surface area (Å²) in [5.74, 6) is -0.189. The smallest absolute Gasteiger partial charge is 0.127 e. The van der Waals surface area contributed by atoms with Gasteiger partial charge in [-0.05, 0) is 30.5 Å². The van der Waals surface area contributed by atoms with Gasteiger partial charge in [-0.2, -0.15) is 0 Å². The molecule has 0 saturated heterocycles. The van der Waals surface area contributed by atoms with Crippen LogP contribution in [0.15, 0.2) is 22.7 Å². The van der Waals surface area contributed by atoms with Crippen LogP contribution in [0.4, 0.5) is 4.39 Å². The van der Waals surface area contributed by atoms with E-state index in [-0.39, 0.29) is 11.2 Å². The molecule has 0 aliphatic rings. The van der Waals surface area contributed by atoms with E-state index in [4.69, 9.17) is 16.3 Å². The number of methoxy groups -OCH3 is 1. The lowest BCUT2D eigenvalue weighted by atomic mass is 10.1. The summed E-state index contributed by atoms with van der Waals surface area (Å²) < 4.78 is 19.0. The number of alkyl halides is 1. The van der Waals surface area contributed by atoms with Crippen LogP contribution in [0.1, 0.15) is 12.0 Å². The summed E-state index contributed by atoms with van der Waals surface area (Å²) in [5, 5.41) is -0.0574. The second kappa shape index (κ2) is 6.46. The first-order valence-corrected chi connectivity index (χ1v) is 5.93. The van der Waals surface area contributed by atoms with Gasteiger partial charge in [-0.15, -0.1) is 11.6 Å². The van der Waals surface area contributed by atoms with Crippen LogP contribution in [0.3, 0.4) is 0 Å². The van der Waals surface area contributed by atoms with Crippen molar-refractivity contribution in [3.05, 3.63) is 34.1 Å². The van der Waals surface area contributed by atoms with Crippen molar-refractivity contribution >= 4 is 27.5 Å². The molecule has 0 aliphatic heterocycles. The van der Waals surface area contributed by atoms with Crippen LogP contribution in [0.25, 0.3) is 0 Å². The molecule has 0 N–H and O–H groups in total. The molecule has 0 radical (unpaired) electrons. The third-order valence-corrected chi connectivity index (χ3v) is 2.93. The maximum Gasteiger partial charge on any atom is 0.127 e. The van der Waals surface area contributed by atoms with Crippen molar-refractivity contribution in [3.8, 4) is 0 Å². The predicted molar refractivity (Wildman–Crippen MR) is 63.9 cm³/mol. The Hall–Kier alpha value is -0.120. The maximum absolute atomic E-state index is 13.4. The SMILES string of the molecule is COCC(Cl)CCc1ccc(Br)cc1F. The average molecular weight is 296 g/mol. The van der Waals surface area contributed by atoms with Gasteiger partial charge in [0.2, 0.25) is 0 Å². The van der Waals surface area contributed by atoms with Crippen LogP contribution in [0.2, 0.25) is 0 Å². The van der Waals surface area contributed by atoms with Crippen molar-refractivity contribution in [1.29, 1.82) is 0 Å². The average Bonchev–Trinajstić information content (AvgIpc) is 2.17. The Morgan fingerprint density at radius 3 is 2.87 bits per heavy atom. The number of benzene rings is 1. The maximum atomic E-state index is 13.4. The summed E-state index contributed by atoms with van der Waals surface area (Å²) in [7, 11) is 1.61. The van der Waals surface area contributed by atoms with E-state index >= 15 is 0 Å². The molecule has 1 unspecified atom stereocenters. The topological polar surface area (TPSA) is 9.23 Å². The molecule has 1 aromatic carbocycles. The van der Waals surface area contributed by atoms with Crippen LogP contribution in [-0.4, -0.2) is 19.1 Å². The normalized spacial score (nSPS) is 12.8. The number of rotatable bonds is 5. The van der Waals surface area contributed by atoms with Gasteiger partial charge in [-0.1, -0.05) is 22.0 Å². The Morgan fingerprint density at radius 2 is 2.27 bits per heavy atom. The number of ether oxygens (including phenoxy) is 1. The minimum atomic E-state index is -0.189. The minimum Gasteiger partial charge on any atom is -0.383 e. The molecular weight excluding hydrogens is 282 g/mol. The molecule has 0 aliphatic carbocycles. The first kappa shape index (κ1) is 12.9. The van der Waals surface area contributed by atoms with Crippen LogP contribution in [0, 0.1) is 5.82 Å². The molecule has 0 aromatic heterocycles. The van der Waals surface area contributed by atoms with Crippen LogP contribution in [0.5, 0.6) is 0 Å². The lowest BCUT2D eigenvalue weighted by Crippen LogP contribution is -2.08. The van der Waals surface area contributed by atoms with Gasteiger partial charge >= 0.3 is 0 Å². The Kier molecular flexibility index (Phi) is 5.58. The molecular formula is C11H13BrClFO. The Labute approximate surface area is 103 Å². The summed E-state index contributed by atoms with van der Waals surface area (Å²) in [6.07, 6.45) is 1.35. The van der Waals surface area contributed by atoms with Crippen molar-refractivity contribution in [2.45, 2.75) is 18.2 Å². The number of halogens is 3. The molecule has 1 nitrogen and oxygen atoms in total. The van der Waals surface area contributed by atoms with Gasteiger partial charge < -0.3 is 4.74 Å². The highest BCUT2D eigenvalue weighted by Crippen LogP contribution is 2.18. The molecule has 15 heavy (non-hydrogen) atoms. The molecule has 84 valence electrons. The highest BCUT2D eigenvalue weighted by Gasteiger charge is 2.07. The van der Waals surface area contributed by atoms with E-state index in [9.17, 15) is 4.39 Å². The van der Waals surface area contributed by atoms with Crippen molar-refractivity contribution < 1.29 is 9.13 Å². The summed E-state index contributed by atoms with van der Waals surface area (Å²) in [5.41, 5.74) is 0.694. The molecule has 1 atom stereocenters. The van der Waals surface area contributed by atoms with Crippen LogP contribution >= 0.6 is 27.5 Å². The van der Waals surface area contributed by atoms with Crippen molar-refractivity contribution in [2.24, 2.45) is 0 Å². The highest BCUT2D eigenvalue weighted by atomic mass is 79.9. The van der Waals surface area contributed by atoms with E-state index < -0.39 is 0 Å². The van der Waals surface area contributed by atoms with Gasteiger partial charge in [-0.25, -0.2) is 4.39 Å². The first-order chi connectivity index (χ1) is 7.13. The Balaban J connectivity index is 2.50. The van der Waals surface area contributed by atoms with E-state index in [0.717, 1.165) is 4.47 Å². The molecule has 1 rings (SSSR count). The molecule has 0 amide bonds. The molecule has 1 aromatic rings. The predicted octanol–water partition coefficient (Wildman–Crippen LogP) is 3.77. The van der Waals surface area contributed by atoms with E-state index in [1.165, 1.54) is 6.07 Å². The molecule has 0 saturated carbocycles. The summed E-state index contributed by atoms with van der Waals surface area (Å²) >= 11 is 9.17. The summed E-state index contributed by atoms with van der Waals surface area (Å²) in [6.45, 7) is 0.500. The molecule has 4 heteroatoms. The monoisotopic (exact) mass is 294 g/mol. The largest absolute Gasteiger partial charge is 0.383 e. The quantitative estimate of drug-likeness (QED) is 0.751. The van der Waals surface area contributed by atoms with E-state index in [1.54, 1.807) is 13.2 Å². The second-order valence-electron chi connectivity index (χ2n) is 3.33. The lowest BCUT2D eigenvalue weighted by molar-refractivity contribution is 0.195. The number of hydrogen-bond donors (Lipinski definition) is 0. The number of aryl methyl sites for hydroxylation is 1. The Morgan fingerprint density at radius 1 is 1.53 bits per heavy atom. The zero-order valence-electron chi connectivity index (χ0n) is 8.47. The fourth-order valence-electron chi connectivity index (χ4n) is 1.30. The van der Waals surface area contributed by atoms with Crippen molar-refractivity contribution in [2.75, 3.05) is 13.7 Å². The molecule has 0 fully saturated rings. The van der Waals surface area contributed by atoms with Gasteiger partial charge in [0.1, 0.15) is 5.82 Å². The number of hydrogen-bond acceptors (Lipinski definition) is 1. The third kappa shape index (κ3) is 4.49. The zero-order chi connectivity index (χ0) is 11.3. The van der Waals surface area contributed by atoms with Gasteiger partial charge in [-0.3, -0.25) is 0 Å².